The summed E-state index contributed by atoms with van der Waals surface area (Å²) in [6.07, 6.45) is 0. The molecule has 1 amide bonds. The summed E-state index contributed by atoms with van der Waals surface area (Å²) in [5.41, 5.74) is 2.89. The maximum absolute atomic E-state index is 12.2. The number of ether oxygens (including phenoxy) is 1. The van der Waals surface area contributed by atoms with Gasteiger partial charge >= 0.3 is 5.97 Å². The molecule has 2 aromatic carbocycles. The first-order valence-electron chi connectivity index (χ1n) is 8.72. The van der Waals surface area contributed by atoms with Crippen molar-refractivity contribution in [1.29, 1.82) is 0 Å². The molecule has 0 heterocycles. The van der Waals surface area contributed by atoms with Crippen molar-refractivity contribution in [2.75, 3.05) is 18.5 Å². The topological polar surface area (TPSA) is 119 Å². The number of Topliss-reactive ketones (excluding diaryl/α,β-unsaturated/α-hetero) is 1. The van der Waals surface area contributed by atoms with Crippen LogP contribution in [0.15, 0.2) is 47.4 Å². The van der Waals surface area contributed by atoms with Crippen molar-refractivity contribution in [3.63, 3.8) is 0 Å². The summed E-state index contributed by atoms with van der Waals surface area (Å²) in [6, 6.07) is 10.7. The van der Waals surface area contributed by atoms with E-state index in [9.17, 15) is 22.8 Å². The summed E-state index contributed by atoms with van der Waals surface area (Å²) in [6.45, 7) is 3.96. The predicted molar refractivity (Wildman–Crippen MR) is 107 cm³/mol. The molecule has 2 N–H and O–H groups in total. The van der Waals surface area contributed by atoms with Crippen LogP contribution in [0.4, 0.5) is 5.69 Å². The molecule has 154 valence electrons. The Morgan fingerprint density at radius 2 is 1.66 bits per heavy atom. The van der Waals surface area contributed by atoms with Crippen LogP contribution in [0.1, 0.15) is 28.4 Å². The van der Waals surface area contributed by atoms with Gasteiger partial charge in [0, 0.05) is 11.3 Å². The summed E-state index contributed by atoms with van der Waals surface area (Å²) in [4.78, 5) is 34.8. The molecule has 0 bridgehead atoms. The molecule has 0 atom stereocenters. The van der Waals surface area contributed by atoms with Gasteiger partial charge in [0.25, 0.3) is 5.91 Å². The molecule has 8 nitrogen and oxygen atoms in total. The lowest BCUT2D eigenvalue weighted by atomic mass is 10.1. The molecule has 0 aromatic heterocycles. The third-order valence-corrected chi connectivity index (χ3v) is 5.64. The van der Waals surface area contributed by atoms with Gasteiger partial charge in [-0.1, -0.05) is 24.3 Å². The molecular weight excluding hydrogens is 396 g/mol. The van der Waals surface area contributed by atoms with Crippen LogP contribution in [-0.2, 0) is 24.3 Å². The fourth-order valence-corrected chi connectivity index (χ4v) is 3.34. The lowest BCUT2D eigenvalue weighted by Crippen LogP contribution is -2.32. The summed E-state index contributed by atoms with van der Waals surface area (Å²) < 4.78 is 31.3. The zero-order valence-electron chi connectivity index (χ0n) is 16.3. The molecule has 0 unspecified atom stereocenters. The van der Waals surface area contributed by atoms with E-state index >= 15 is 0 Å². The van der Waals surface area contributed by atoms with E-state index in [0.29, 0.717) is 11.3 Å². The number of rotatable bonds is 8. The fraction of sp³-hybridized carbons (Fsp3) is 0.250. The maximum Gasteiger partial charge on any atom is 0.321 e. The van der Waals surface area contributed by atoms with Crippen LogP contribution in [0, 0.1) is 13.8 Å². The fourth-order valence-electron chi connectivity index (χ4n) is 2.38. The SMILES string of the molecule is CC(=O)c1ccc(S(=O)(=O)NCC(=O)OCC(=O)Nc2cccc(C)c2C)cc1. The molecule has 9 heteroatoms. The molecular formula is C20H22N2O6S. The van der Waals surface area contributed by atoms with Crippen molar-refractivity contribution >= 4 is 33.4 Å². The number of hydrogen-bond acceptors (Lipinski definition) is 6. The second-order valence-electron chi connectivity index (χ2n) is 6.36. The van der Waals surface area contributed by atoms with E-state index in [-0.39, 0.29) is 10.7 Å². The Morgan fingerprint density at radius 1 is 1.00 bits per heavy atom. The quantitative estimate of drug-likeness (QED) is 0.500. The van der Waals surface area contributed by atoms with Gasteiger partial charge in [0.15, 0.2) is 12.4 Å². The molecule has 0 saturated carbocycles. The first kappa shape index (κ1) is 22.3. The second kappa shape index (κ2) is 9.44. The van der Waals surface area contributed by atoms with Gasteiger partial charge in [-0.3, -0.25) is 14.4 Å². The zero-order valence-corrected chi connectivity index (χ0v) is 17.1. The van der Waals surface area contributed by atoms with Crippen LogP contribution < -0.4 is 10.0 Å². The molecule has 0 fully saturated rings. The Morgan fingerprint density at radius 3 is 2.28 bits per heavy atom. The number of esters is 1. The van der Waals surface area contributed by atoms with Crippen molar-refractivity contribution in [1.82, 2.24) is 4.72 Å². The highest BCUT2D eigenvalue weighted by Gasteiger charge is 2.17. The summed E-state index contributed by atoms with van der Waals surface area (Å²) in [5.74, 6) is -1.62. The predicted octanol–water partition coefficient (Wildman–Crippen LogP) is 1.97. The molecule has 0 aliphatic rings. The van der Waals surface area contributed by atoms with Crippen molar-refractivity contribution in [3.05, 3.63) is 59.2 Å². The van der Waals surface area contributed by atoms with Gasteiger partial charge in [-0.05, 0) is 50.1 Å². The molecule has 0 radical (unpaired) electrons. The Kier molecular flexibility index (Phi) is 7.24. The van der Waals surface area contributed by atoms with E-state index < -0.39 is 35.1 Å². The van der Waals surface area contributed by atoms with Crippen molar-refractivity contribution in [3.8, 4) is 0 Å². The minimum Gasteiger partial charge on any atom is -0.455 e. The average molecular weight is 418 g/mol. The molecule has 0 aliphatic heterocycles. The lowest BCUT2D eigenvalue weighted by Gasteiger charge is -2.11. The van der Waals surface area contributed by atoms with E-state index in [4.69, 9.17) is 4.74 Å². The first-order chi connectivity index (χ1) is 13.6. The summed E-state index contributed by atoms with van der Waals surface area (Å²) in [7, 11) is -3.96. The molecule has 0 saturated heterocycles. The number of hydrogen-bond donors (Lipinski definition) is 2. The maximum atomic E-state index is 12.2. The Labute approximate surface area is 169 Å². The second-order valence-corrected chi connectivity index (χ2v) is 8.13. The van der Waals surface area contributed by atoms with Crippen LogP contribution in [0.25, 0.3) is 0 Å². The van der Waals surface area contributed by atoms with E-state index in [0.717, 1.165) is 11.1 Å². The van der Waals surface area contributed by atoms with Gasteiger partial charge < -0.3 is 10.1 Å². The molecule has 29 heavy (non-hydrogen) atoms. The number of benzene rings is 2. The first-order valence-corrected chi connectivity index (χ1v) is 10.2. The number of aryl methyl sites for hydroxylation is 1. The van der Waals surface area contributed by atoms with Gasteiger partial charge in [-0.15, -0.1) is 0 Å². The molecule has 2 rings (SSSR count). The van der Waals surface area contributed by atoms with Gasteiger partial charge in [0.1, 0.15) is 6.54 Å². The van der Waals surface area contributed by atoms with Gasteiger partial charge in [-0.25, -0.2) is 8.42 Å². The van der Waals surface area contributed by atoms with Crippen molar-refractivity contribution < 1.29 is 27.5 Å². The Hall–Kier alpha value is -3.04. The molecule has 2 aromatic rings. The Balaban J connectivity index is 1.85. The number of carbonyl (C=O) groups excluding carboxylic acids is 3. The smallest absolute Gasteiger partial charge is 0.321 e. The number of anilines is 1. The van der Waals surface area contributed by atoms with Crippen LogP contribution >= 0.6 is 0 Å². The van der Waals surface area contributed by atoms with Gasteiger partial charge in [0.05, 0.1) is 4.90 Å². The van der Waals surface area contributed by atoms with Crippen LogP contribution in [-0.4, -0.2) is 39.2 Å². The zero-order chi connectivity index (χ0) is 21.6. The number of amides is 1. The number of ketones is 1. The molecule has 0 aliphatic carbocycles. The van der Waals surface area contributed by atoms with E-state index in [1.54, 1.807) is 12.1 Å². The van der Waals surface area contributed by atoms with E-state index in [1.807, 2.05) is 19.9 Å². The number of sulfonamides is 1. The monoisotopic (exact) mass is 418 g/mol. The highest BCUT2D eigenvalue weighted by molar-refractivity contribution is 7.89. The number of nitrogens with one attached hydrogen (secondary N) is 2. The van der Waals surface area contributed by atoms with E-state index in [2.05, 4.69) is 10.0 Å². The lowest BCUT2D eigenvalue weighted by molar-refractivity contribution is -0.146. The van der Waals surface area contributed by atoms with Crippen molar-refractivity contribution in [2.24, 2.45) is 0 Å². The molecule has 0 spiro atoms. The average Bonchev–Trinajstić information content (AvgIpc) is 2.68. The highest BCUT2D eigenvalue weighted by Crippen LogP contribution is 2.17. The number of carbonyl (C=O) groups is 3. The summed E-state index contributed by atoms with van der Waals surface area (Å²) >= 11 is 0. The normalized spacial score (nSPS) is 11.0. The standard InChI is InChI=1S/C20H22N2O6S/c1-13-5-4-6-18(14(13)2)22-19(24)12-28-20(25)11-21-29(26,27)17-9-7-16(8-10-17)15(3)23/h4-10,21H,11-12H2,1-3H3,(H,22,24). The van der Waals surface area contributed by atoms with Gasteiger partial charge in [0.2, 0.25) is 10.0 Å². The van der Waals surface area contributed by atoms with Crippen LogP contribution in [0.5, 0.6) is 0 Å². The van der Waals surface area contributed by atoms with Crippen molar-refractivity contribution in [2.45, 2.75) is 25.7 Å². The minimum atomic E-state index is -3.96. The van der Waals surface area contributed by atoms with Gasteiger partial charge in [-0.2, -0.15) is 4.72 Å². The summed E-state index contributed by atoms with van der Waals surface area (Å²) in [5, 5.41) is 2.64. The van der Waals surface area contributed by atoms with Crippen LogP contribution in [0.2, 0.25) is 0 Å². The third-order valence-electron chi connectivity index (χ3n) is 4.22. The minimum absolute atomic E-state index is 0.0945. The Bertz CT molecular complexity index is 1030. The van der Waals surface area contributed by atoms with E-state index in [1.165, 1.54) is 31.2 Å². The third kappa shape index (κ3) is 6.23. The highest BCUT2D eigenvalue weighted by atomic mass is 32.2. The largest absolute Gasteiger partial charge is 0.455 e. The van der Waals surface area contributed by atoms with Crippen LogP contribution in [0.3, 0.4) is 0 Å².